The zero-order chi connectivity index (χ0) is 5.98. The molecule has 0 spiro atoms. The Morgan fingerprint density at radius 1 is 1.22 bits per heavy atom. The van der Waals surface area contributed by atoms with Gasteiger partial charge in [0.15, 0.2) is 0 Å². The van der Waals surface area contributed by atoms with Gasteiger partial charge in [-0.3, -0.25) is 0 Å². The van der Waals surface area contributed by atoms with Crippen molar-refractivity contribution in [2.24, 2.45) is 0 Å². The van der Waals surface area contributed by atoms with Crippen molar-refractivity contribution in [3.05, 3.63) is 28.7 Å². The number of phenolic OH excluding ortho intramolecular Hbond substituents is 1. The zero-order valence-corrected chi connectivity index (χ0v) is 8.34. The predicted molar refractivity (Wildman–Crippen MR) is 35.8 cm³/mol. The minimum Gasteiger partial charge on any atom is -0.507 e. The molecule has 0 saturated carbocycles. The Kier molecular flexibility index (Phi) is 5.03. The van der Waals surface area contributed by atoms with Crippen molar-refractivity contribution in [1.29, 1.82) is 0 Å². The quantitative estimate of drug-likeness (QED) is 0.773. The second-order valence-electron chi connectivity index (χ2n) is 1.45. The van der Waals surface area contributed by atoms with Crippen LogP contribution in [0.5, 0.6) is 5.75 Å². The maximum Gasteiger partial charge on any atom is 0.129 e. The second-order valence-corrected chi connectivity index (χ2v) is 2.31. The molecule has 50 valence electrons. The number of benzene rings is 1. The van der Waals surface area contributed by atoms with Crippen molar-refractivity contribution < 1.29 is 45.0 Å². The maximum atomic E-state index is 8.87. The zero-order valence-electron chi connectivity index (χ0n) is 4.49. The van der Waals surface area contributed by atoms with E-state index >= 15 is 0 Å². The topological polar surface area (TPSA) is 20.2 Å². The Hall–Kier alpha value is 0.825. The fourth-order valence-corrected chi connectivity index (χ4v) is 0.737. The van der Waals surface area contributed by atoms with E-state index in [0.29, 0.717) is 0 Å². The summed E-state index contributed by atoms with van der Waals surface area (Å²) in [5.74, 6) is 0.285. The van der Waals surface area contributed by atoms with E-state index in [0.717, 1.165) is 4.47 Å². The summed E-state index contributed by atoms with van der Waals surface area (Å²) in [7, 11) is 0. The minimum atomic E-state index is 0. The summed E-state index contributed by atoms with van der Waals surface area (Å²) in [5, 5.41) is 8.87. The fourth-order valence-electron chi connectivity index (χ4n) is 0.452. The average Bonchev–Trinajstić information content (AvgIpc) is 1.77. The molecule has 1 N–H and O–H groups in total. The van der Waals surface area contributed by atoms with Crippen LogP contribution >= 0.6 is 15.9 Å². The van der Waals surface area contributed by atoms with E-state index in [1.807, 2.05) is 6.07 Å². The summed E-state index contributed by atoms with van der Waals surface area (Å²) in [6.07, 6.45) is 0. The van der Waals surface area contributed by atoms with Crippen LogP contribution < -0.4 is 0 Å². The molecule has 0 heterocycles. The number of para-hydroxylation sites is 1. The van der Waals surface area contributed by atoms with Gasteiger partial charge in [-0.05, 0) is 28.1 Å². The van der Waals surface area contributed by atoms with Crippen LogP contribution in [-0.4, -0.2) is 5.11 Å². The van der Waals surface area contributed by atoms with Crippen molar-refractivity contribution in [1.82, 2.24) is 0 Å². The first-order valence-corrected chi connectivity index (χ1v) is 3.03. The second kappa shape index (κ2) is 4.61. The van der Waals surface area contributed by atoms with E-state index in [1.165, 1.54) is 0 Å². The fraction of sp³-hybridized carbons (Fsp3) is 0. The van der Waals surface area contributed by atoms with Crippen molar-refractivity contribution in [2.75, 3.05) is 0 Å². The third kappa shape index (κ3) is 2.94. The van der Waals surface area contributed by atoms with Crippen LogP contribution in [0.2, 0.25) is 0 Å². The van der Waals surface area contributed by atoms with Gasteiger partial charge in [0.25, 0.3) is 0 Å². The normalized spacial score (nSPS) is 8.11. The summed E-state index contributed by atoms with van der Waals surface area (Å²) in [5.41, 5.74) is 0. The summed E-state index contributed by atoms with van der Waals surface area (Å²) < 4.78 is 0.736. The molecule has 0 aliphatic carbocycles. The van der Waals surface area contributed by atoms with Gasteiger partial charge in [0.1, 0.15) is 5.75 Å². The van der Waals surface area contributed by atoms with Gasteiger partial charge in [-0.15, -0.1) is 0 Å². The summed E-state index contributed by atoms with van der Waals surface area (Å²) in [6, 6.07) is 7.04. The van der Waals surface area contributed by atoms with Crippen LogP contribution in [0.3, 0.4) is 0 Å². The predicted octanol–water partition coefficient (Wildman–Crippen LogP) is 2.15. The molecule has 0 bridgehead atoms. The van der Waals surface area contributed by atoms with Gasteiger partial charge in [-0.2, -0.15) is 0 Å². The first-order valence-electron chi connectivity index (χ1n) is 2.24. The molecular formula is C6H5BrGdO. The summed E-state index contributed by atoms with van der Waals surface area (Å²) in [4.78, 5) is 0. The Labute approximate surface area is 94.3 Å². The number of halogens is 1. The SMILES string of the molecule is Oc1ccccc1Br.[Gd]. The maximum absolute atomic E-state index is 8.87. The minimum absolute atomic E-state index is 0. The molecule has 1 nitrogen and oxygen atoms in total. The van der Waals surface area contributed by atoms with Gasteiger partial charge in [-0.25, -0.2) is 0 Å². The van der Waals surface area contributed by atoms with E-state index in [1.54, 1.807) is 18.2 Å². The molecule has 0 unspecified atom stereocenters. The van der Waals surface area contributed by atoms with Crippen molar-refractivity contribution in [3.63, 3.8) is 0 Å². The number of hydrogen-bond acceptors (Lipinski definition) is 1. The molecule has 0 aliphatic rings. The van der Waals surface area contributed by atoms with Crippen LogP contribution in [0.15, 0.2) is 28.7 Å². The number of rotatable bonds is 0. The largest absolute Gasteiger partial charge is 0.507 e. The molecule has 1 aromatic rings. The molecule has 0 radical (unpaired) electrons. The third-order valence-corrected chi connectivity index (χ3v) is 1.52. The Morgan fingerprint density at radius 2 is 1.78 bits per heavy atom. The van der Waals surface area contributed by atoms with Crippen molar-refractivity contribution >= 4 is 15.9 Å². The van der Waals surface area contributed by atoms with Gasteiger partial charge in [0.2, 0.25) is 0 Å². The van der Waals surface area contributed by atoms with Crippen molar-refractivity contribution in [3.8, 4) is 5.75 Å². The molecular weight excluding hydrogens is 325 g/mol. The van der Waals surface area contributed by atoms with Crippen LogP contribution in [0.1, 0.15) is 0 Å². The number of hydrogen-bond donors (Lipinski definition) is 1. The van der Waals surface area contributed by atoms with E-state index in [9.17, 15) is 0 Å². The molecule has 3 heteroatoms. The average molecular weight is 330 g/mol. The first-order chi connectivity index (χ1) is 3.80. The molecule has 1 aromatic carbocycles. The van der Waals surface area contributed by atoms with Crippen LogP contribution in [0, 0.1) is 39.9 Å². The van der Waals surface area contributed by atoms with E-state index in [2.05, 4.69) is 15.9 Å². The molecule has 0 saturated heterocycles. The van der Waals surface area contributed by atoms with Crippen LogP contribution in [-0.2, 0) is 0 Å². The molecule has 0 aromatic heterocycles. The van der Waals surface area contributed by atoms with Crippen molar-refractivity contribution in [2.45, 2.75) is 0 Å². The van der Waals surface area contributed by atoms with Gasteiger partial charge >= 0.3 is 0 Å². The molecule has 0 aliphatic heterocycles. The van der Waals surface area contributed by atoms with Gasteiger partial charge in [-0.1, -0.05) is 12.1 Å². The molecule has 0 atom stereocenters. The number of phenols is 1. The van der Waals surface area contributed by atoms with Crippen LogP contribution in [0.4, 0.5) is 0 Å². The monoisotopic (exact) mass is 330 g/mol. The van der Waals surface area contributed by atoms with E-state index < -0.39 is 0 Å². The van der Waals surface area contributed by atoms with Gasteiger partial charge < -0.3 is 5.11 Å². The van der Waals surface area contributed by atoms with E-state index in [4.69, 9.17) is 5.11 Å². The third-order valence-electron chi connectivity index (χ3n) is 0.852. The Bertz CT molecular complexity index is 169. The molecule has 9 heavy (non-hydrogen) atoms. The summed E-state index contributed by atoms with van der Waals surface area (Å²) in [6.45, 7) is 0. The standard InChI is InChI=1S/C6H5BrO.Gd/c7-5-3-1-2-4-6(5)8;/h1-4,8H;. The van der Waals surface area contributed by atoms with Gasteiger partial charge in [0.05, 0.1) is 4.47 Å². The summed E-state index contributed by atoms with van der Waals surface area (Å²) >= 11 is 3.15. The Morgan fingerprint density at radius 3 is 2.11 bits per heavy atom. The molecule has 0 fully saturated rings. The molecule has 0 amide bonds. The van der Waals surface area contributed by atoms with Crippen LogP contribution in [0.25, 0.3) is 0 Å². The van der Waals surface area contributed by atoms with E-state index in [-0.39, 0.29) is 45.7 Å². The Balaban J connectivity index is 0.000000640. The smallest absolute Gasteiger partial charge is 0.129 e. The van der Waals surface area contributed by atoms with Gasteiger partial charge in [0, 0.05) is 39.9 Å². The first kappa shape index (κ1) is 9.82. The number of aromatic hydroxyl groups is 1. The molecule has 1 rings (SSSR count).